The molecule has 0 aromatic carbocycles. The number of carbonyl (C=O) groups excluding carboxylic acids is 1. The topological polar surface area (TPSA) is 73.1 Å². The van der Waals surface area contributed by atoms with E-state index in [4.69, 9.17) is 4.74 Å². The molecule has 0 unspecified atom stereocenters. The number of rotatable bonds is 4. The molecule has 2 aromatic heterocycles. The monoisotopic (exact) mass is 295 g/mol. The average Bonchev–Trinajstić information content (AvgIpc) is 2.75. The quantitative estimate of drug-likeness (QED) is 0.762. The summed E-state index contributed by atoms with van der Waals surface area (Å²) in [5.74, 6) is -1.64. The summed E-state index contributed by atoms with van der Waals surface area (Å²) in [5, 5.41) is 3.74. The lowest BCUT2D eigenvalue weighted by Crippen LogP contribution is -2.53. The maximum absolute atomic E-state index is 13.7. The van der Waals surface area contributed by atoms with Crippen molar-refractivity contribution in [2.24, 2.45) is 7.05 Å². The summed E-state index contributed by atoms with van der Waals surface area (Å²) >= 11 is 0. The molecule has 0 atom stereocenters. The van der Waals surface area contributed by atoms with E-state index in [0.29, 0.717) is 19.5 Å². The third-order valence-electron chi connectivity index (χ3n) is 3.12. The van der Waals surface area contributed by atoms with E-state index in [1.807, 2.05) is 0 Å². The van der Waals surface area contributed by atoms with Crippen molar-refractivity contribution in [1.29, 1.82) is 0 Å². The summed E-state index contributed by atoms with van der Waals surface area (Å²) in [5.41, 5.74) is 0.0444. The minimum atomic E-state index is -0.745. The van der Waals surface area contributed by atoms with Crippen LogP contribution in [-0.2, 0) is 11.8 Å². The average molecular weight is 295 g/mol. The first kappa shape index (κ1) is 13.4. The number of amides is 1. The highest BCUT2D eigenvalue weighted by Gasteiger charge is 2.29. The molecule has 1 aliphatic heterocycles. The van der Waals surface area contributed by atoms with Crippen molar-refractivity contribution in [3.05, 3.63) is 24.0 Å². The maximum Gasteiger partial charge on any atom is 0.254 e. The molecule has 0 bridgehead atoms. The largest absolute Gasteiger partial charge is 0.468 e. The molecule has 3 heterocycles. The molecule has 0 saturated carbocycles. The minimum Gasteiger partial charge on any atom is -0.468 e. The van der Waals surface area contributed by atoms with Crippen LogP contribution in [0.4, 0.5) is 8.78 Å². The van der Waals surface area contributed by atoms with E-state index in [1.165, 1.54) is 16.6 Å². The van der Waals surface area contributed by atoms with Crippen LogP contribution >= 0.6 is 0 Å². The van der Waals surface area contributed by atoms with Gasteiger partial charge in [-0.1, -0.05) is 0 Å². The van der Waals surface area contributed by atoms with Crippen molar-refractivity contribution < 1.29 is 18.3 Å². The molecule has 7 nitrogen and oxygen atoms in total. The van der Waals surface area contributed by atoms with E-state index >= 15 is 0 Å². The predicted molar refractivity (Wildman–Crippen MR) is 66.2 cm³/mol. The molecule has 0 N–H and O–H groups in total. The van der Waals surface area contributed by atoms with Crippen LogP contribution in [0, 0.1) is 11.6 Å². The molecule has 2 aromatic rings. The standard InChI is InChI=1S/C12H11F2N5O2/c1-18-10(8(13)3-16-18)11-15-2-9(14)12(17-11)21-7-4-19(5-7)6-20/h2-3,6-7H,4-5H2,1H3. The normalized spacial score (nSPS) is 14.9. The zero-order chi connectivity index (χ0) is 15.0. The van der Waals surface area contributed by atoms with Crippen molar-refractivity contribution in [3.8, 4) is 17.4 Å². The molecule has 0 aliphatic carbocycles. The highest BCUT2D eigenvalue weighted by molar-refractivity contribution is 5.51. The smallest absolute Gasteiger partial charge is 0.254 e. The molecule has 1 amide bonds. The number of halogens is 2. The third kappa shape index (κ3) is 2.41. The molecular formula is C12H11F2N5O2. The van der Waals surface area contributed by atoms with Crippen LogP contribution in [-0.4, -0.2) is 50.3 Å². The molecule has 0 radical (unpaired) electrons. The van der Waals surface area contributed by atoms with Gasteiger partial charge in [0.15, 0.2) is 11.6 Å². The number of aromatic nitrogens is 4. The molecule has 110 valence electrons. The Morgan fingerprint density at radius 2 is 2.10 bits per heavy atom. The van der Waals surface area contributed by atoms with Gasteiger partial charge in [0.25, 0.3) is 5.88 Å². The zero-order valence-electron chi connectivity index (χ0n) is 11.0. The molecule has 1 saturated heterocycles. The molecular weight excluding hydrogens is 284 g/mol. The van der Waals surface area contributed by atoms with Gasteiger partial charge in [-0.3, -0.25) is 9.48 Å². The van der Waals surface area contributed by atoms with E-state index < -0.39 is 11.6 Å². The van der Waals surface area contributed by atoms with E-state index in [0.717, 1.165) is 12.4 Å². The summed E-state index contributed by atoms with van der Waals surface area (Å²) in [7, 11) is 1.53. The Morgan fingerprint density at radius 1 is 1.33 bits per heavy atom. The number of ether oxygens (including phenoxy) is 1. The summed E-state index contributed by atoms with van der Waals surface area (Å²) in [6, 6.07) is 0. The maximum atomic E-state index is 13.7. The second kappa shape index (κ2) is 5.08. The molecule has 21 heavy (non-hydrogen) atoms. The van der Waals surface area contributed by atoms with Gasteiger partial charge in [-0.2, -0.15) is 14.5 Å². The van der Waals surface area contributed by atoms with Gasteiger partial charge in [0.1, 0.15) is 11.8 Å². The van der Waals surface area contributed by atoms with Crippen LogP contribution in [0.1, 0.15) is 0 Å². The Balaban J connectivity index is 1.85. The molecule has 1 aliphatic rings. The van der Waals surface area contributed by atoms with Crippen LogP contribution < -0.4 is 4.74 Å². The van der Waals surface area contributed by atoms with Crippen molar-refractivity contribution >= 4 is 6.41 Å². The fourth-order valence-electron chi connectivity index (χ4n) is 2.00. The van der Waals surface area contributed by atoms with Crippen LogP contribution in [0.3, 0.4) is 0 Å². The van der Waals surface area contributed by atoms with Gasteiger partial charge < -0.3 is 9.64 Å². The Kier molecular flexibility index (Phi) is 3.24. The van der Waals surface area contributed by atoms with Gasteiger partial charge >= 0.3 is 0 Å². The molecule has 3 rings (SSSR count). The van der Waals surface area contributed by atoms with Crippen molar-refractivity contribution in [3.63, 3.8) is 0 Å². The van der Waals surface area contributed by atoms with E-state index in [-0.39, 0.29) is 23.5 Å². The highest BCUT2D eigenvalue weighted by Crippen LogP contribution is 2.23. The summed E-state index contributed by atoms with van der Waals surface area (Å²) in [6.07, 6.45) is 2.30. The van der Waals surface area contributed by atoms with Crippen LogP contribution in [0.25, 0.3) is 11.5 Å². The lowest BCUT2D eigenvalue weighted by molar-refractivity contribution is -0.126. The van der Waals surface area contributed by atoms with Gasteiger partial charge in [0.2, 0.25) is 12.2 Å². The first-order valence-corrected chi connectivity index (χ1v) is 6.15. The Morgan fingerprint density at radius 3 is 2.71 bits per heavy atom. The highest BCUT2D eigenvalue weighted by atomic mass is 19.1. The number of hydrogen-bond donors (Lipinski definition) is 0. The van der Waals surface area contributed by atoms with Gasteiger partial charge in [-0.15, -0.1) is 0 Å². The number of carbonyl (C=O) groups is 1. The zero-order valence-corrected chi connectivity index (χ0v) is 11.0. The minimum absolute atomic E-state index is 0.0181. The van der Waals surface area contributed by atoms with Crippen LogP contribution in [0.2, 0.25) is 0 Å². The van der Waals surface area contributed by atoms with Crippen LogP contribution in [0.15, 0.2) is 12.4 Å². The predicted octanol–water partition coefficient (Wildman–Crippen LogP) is 0.375. The summed E-state index contributed by atoms with van der Waals surface area (Å²) in [6.45, 7) is 0.727. The van der Waals surface area contributed by atoms with Gasteiger partial charge in [-0.25, -0.2) is 9.37 Å². The van der Waals surface area contributed by atoms with Crippen LogP contribution in [0.5, 0.6) is 5.88 Å². The van der Waals surface area contributed by atoms with E-state index in [2.05, 4.69) is 15.1 Å². The van der Waals surface area contributed by atoms with Gasteiger partial charge in [0.05, 0.1) is 25.5 Å². The number of nitrogens with zero attached hydrogens (tertiary/aromatic N) is 5. The molecule has 1 fully saturated rings. The lowest BCUT2D eigenvalue weighted by Gasteiger charge is -2.35. The summed E-state index contributed by atoms with van der Waals surface area (Å²) in [4.78, 5) is 19.6. The molecule has 9 heteroatoms. The van der Waals surface area contributed by atoms with Crippen molar-refractivity contribution in [2.75, 3.05) is 13.1 Å². The number of aryl methyl sites for hydroxylation is 1. The number of likely N-dealkylation sites (tertiary alicyclic amines) is 1. The van der Waals surface area contributed by atoms with Gasteiger partial charge in [-0.05, 0) is 0 Å². The lowest BCUT2D eigenvalue weighted by atomic mass is 10.2. The Hall–Kier alpha value is -2.58. The van der Waals surface area contributed by atoms with Gasteiger partial charge in [0, 0.05) is 7.05 Å². The fourth-order valence-corrected chi connectivity index (χ4v) is 2.00. The number of hydrogen-bond acceptors (Lipinski definition) is 5. The SMILES string of the molecule is Cn1ncc(F)c1-c1ncc(F)c(OC2CN(C=O)C2)n1. The summed E-state index contributed by atoms with van der Waals surface area (Å²) < 4.78 is 33.9. The second-order valence-corrected chi connectivity index (χ2v) is 4.61. The third-order valence-corrected chi connectivity index (χ3v) is 3.12. The van der Waals surface area contributed by atoms with Crippen molar-refractivity contribution in [1.82, 2.24) is 24.6 Å². The second-order valence-electron chi connectivity index (χ2n) is 4.61. The molecule has 0 spiro atoms. The first-order chi connectivity index (χ1) is 10.1. The Labute approximate surface area is 118 Å². The Bertz CT molecular complexity index is 665. The van der Waals surface area contributed by atoms with E-state index in [1.54, 1.807) is 0 Å². The first-order valence-electron chi connectivity index (χ1n) is 6.15. The van der Waals surface area contributed by atoms with E-state index in [9.17, 15) is 13.6 Å². The van der Waals surface area contributed by atoms with Crippen molar-refractivity contribution in [2.45, 2.75) is 6.10 Å². The fraction of sp³-hybridized carbons (Fsp3) is 0.333.